The van der Waals surface area contributed by atoms with Crippen molar-refractivity contribution in [1.29, 1.82) is 0 Å². The van der Waals surface area contributed by atoms with Crippen LogP contribution in [0.4, 0.5) is 19.2 Å². The van der Waals surface area contributed by atoms with Gasteiger partial charge in [-0.25, -0.2) is 18.9 Å². The molecule has 1 atom stereocenters. The normalized spacial score (nSPS) is 11.0. The third-order valence-electron chi connectivity index (χ3n) is 6.70. The van der Waals surface area contributed by atoms with Crippen LogP contribution >= 0.6 is 97.1 Å². The van der Waals surface area contributed by atoms with Crippen molar-refractivity contribution in [2.24, 2.45) is 40.7 Å². The van der Waals surface area contributed by atoms with Crippen molar-refractivity contribution < 1.29 is 61.7 Å². The molecule has 56 heavy (non-hydrogen) atoms. The van der Waals surface area contributed by atoms with Crippen molar-refractivity contribution in [2.75, 3.05) is 67.6 Å². The fourth-order valence-corrected chi connectivity index (χ4v) is 6.32. The van der Waals surface area contributed by atoms with Gasteiger partial charge in [0.1, 0.15) is 0 Å². The maximum Gasteiger partial charge on any atom is 0.412 e. The second-order valence-electron chi connectivity index (χ2n) is 11.1. The molecule has 338 valence electrons. The number of alkyl halides is 7. The summed E-state index contributed by atoms with van der Waals surface area (Å²) in [5.41, 5.74) is 17.0. The molecule has 0 aliphatic carbocycles. The van der Waals surface area contributed by atoms with Gasteiger partial charge in [0.05, 0.1) is 26.4 Å². The van der Waals surface area contributed by atoms with Crippen LogP contribution in [-0.2, 0) is 27.9 Å². The second kappa shape index (κ2) is 49.0. The maximum absolute atomic E-state index is 10.3. The van der Waals surface area contributed by atoms with Crippen molar-refractivity contribution in [3.05, 3.63) is 0 Å². The highest BCUT2D eigenvalue weighted by Gasteiger charge is 2.20. The average Bonchev–Trinajstić information content (AvgIpc) is 3.10. The first-order chi connectivity index (χ1) is 26.3. The molecule has 0 heterocycles. The Morgan fingerprint density at radius 1 is 0.500 bits per heavy atom. The monoisotopic (exact) mass is 992 g/mol. The van der Waals surface area contributed by atoms with Crippen LogP contribution in [0.2, 0.25) is 0 Å². The molecule has 17 nitrogen and oxygen atoms in total. The minimum Gasteiger partial charge on any atom is -0.450 e. The minimum absolute atomic E-state index is 0.149. The largest absolute Gasteiger partial charge is 0.450 e. The van der Waals surface area contributed by atoms with E-state index in [2.05, 4.69) is 24.5 Å². The summed E-state index contributed by atoms with van der Waals surface area (Å²) in [4.78, 5) is 63.7. The number of nitrogens with two attached hydrogens (primary N) is 4. The first kappa shape index (κ1) is 64.7. The SMILES string of the molecule is NC(=O)OCCCC(CCCl)CCCl.NC(=O)OCCCC(CCCl)CCCl.NC(=O)OCCCC(CCCl)CCCl.NC(=O)P(=O)(O)O.O=[PH](O)OCCCl. The predicted octanol–water partition coefficient (Wildman–Crippen LogP) is 8.07. The van der Waals surface area contributed by atoms with Gasteiger partial charge in [0.25, 0.3) is 0 Å². The molecule has 0 rings (SSSR count). The van der Waals surface area contributed by atoms with Crippen LogP contribution in [0, 0.1) is 17.8 Å². The van der Waals surface area contributed by atoms with E-state index in [1.54, 1.807) is 0 Å². The zero-order valence-electron chi connectivity index (χ0n) is 31.3. The van der Waals surface area contributed by atoms with Crippen molar-refractivity contribution in [1.82, 2.24) is 0 Å². The van der Waals surface area contributed by atoms with Crippen LogP contribution in [-0.4, -0.2) is 106 Å². The molecular formula is C30H61Cl7N4O13P2. The van der Waals surface area contributed by atoms with Crippen LogP contribution < -0.4 is 22.9 Å². The number of primary amides is 4. The molecular weight excluding hydrogens is 934 g/mol. The Balaban J connectivity index is -0.000000199. The third kappa shape index (κ3) is 62.8. The Morgan fingerprint density at radius 3 is 0.857 bits per heavy atom. The molecule has 11 N–H and O–H groups in total. The zero-order valence-corrected chi connectivity index (χ0v) is 38.5. The molecule has 0 aromatic carbocycles. The molecule has 1 unspecified atom stereocenters. The highest BCUT2D eigenvalue weighted by molar-refractivity contribution is 7.69. The average molecular weight is 996 g/mol. The summed E-state index contributed by atoms with van der Waals surface area (Å²) in [6.45, 7) is 1.30. The van der Waals surface area contributed by atoms with Gasteiger partial charge in [-0.3, -0.25) is 9.36 Å². The van der Waals surface area contributed by atoms with Gasteiger partial charge in [-0.1, -0.05) is 0 Å². The van der Waals surface area contributed by atoms with Gasteiger partial charge >= 0.3 is 39.8 Å². The van der Waals surface area contributed by atoms with E-state index in [9.17, 15) is 28.3 Å². The van der Waals surface area contributed by atoms with Crippen LogP contribution in [0.5, 0.6) is 0 Å². The number of halogens is 7. The maximum atomic E-state index is 10.3. The third-order valence-corrected chi connectivity index (χ3v) is 9.19. The summed E-state index contributed by atoms with van der Waals surface area (Å²) < 4.78 is 37.2. The highest BCUT2D eigenvalue weighted by atomic mass is 35.5. The molecule has 0 saturated heterocycles. The van der Waals surface area contributed by atoms with Crippen LogP contribution in [0.15, 0.2) is 0 Å². The molecule has 0 radical (unpaired) electrons. The first-order valence-corrected chi connectivity index (χ1v) is 23.8. The molecule has 0 aromatic heterocycles. The predicted molar refractivity (Wildman–Crippen MR) is 226 cm³/mol. The molecule has 26 heteroatoms. The van der Waals surface area contributed by atoms with E-state index >= 15 is 0 Å². The Morgan fingerprint density at radius 2 is 0.732 bits per heavy atom. The number of rotatable bonds is 28. The zero-order chi connectivity index (χ0) is 44.2. The van der Waals surface area contributed by atoms with Crippen LogP contribution in [0.3, 0.4) is 0 Å². The van der Waals surface area contributed by atoms with Gasteiger partial charge in [0.15, 0.2) is 0 Å². The quantitative estimate of drug-likeness (QED) is 0.0169. The fourth-order valence-electron chi connectivity index (χ4n) is 3.99. The first-order valence-electron chi connectivity index (χ1n) is 17.2. The number of ether oxygens (including phenoxy) is 3. The molecule has 0 spiro atoms. The lowest BCUT2D eigenvalue weighted by Gasteiger charge is -2.13. The number of carbonyl (C=O) groups is 4. The van der Waals surface area contributed by atoms with Gasteiger partial charge in [0, 0.05) is 41.2 Å². The Labute approximate surface area is 366 Å². The second-order valence-corrected chi connectivity index (χ2v) is 16.1. The van der Waals surface area contributed by atoms with Gasteiger partial charge in [-0.2, -0.15) is 0 Å². The van der Waals surface area contributed by atoms with Gasteiger partial charge in [0.2, 0.25) is 0 Å². The molecule has 0 aromatic rings. The summed E-state index contributed by atoms with van der Waals surface area (Å²) in [5.74, 6) is 5.75. The van der Waals surface area contributed by atoms with E-state index in [0.717, 1.165) is 77.0 Å². The fraction of sp³-hybridized carbons (Fsp3) is 0.867. The van der Waals surface area contributed by atoms with Gasteiger partial charge in [-0.05, 0) is 94.8 Å². The van der Waals surface area contributed by atoms with Crippen LogP contribution in [0.25, 0.3) is 0 Å². The minimum atomic E-state index is -4.60. The van der Waals surface area contributed by atoms with E-state index in [4.69, 9.17) is 113 Å². The number of amides is 4. The Kier molecular flexibility index (Phi) is 56.6. The lowest BCUT2D eigenvalue weighted by molar-refractivity contribution is 0.151. The van der Waals surface area contributed by atoms with Crippen molar-refractivity contribution in [3.63, 3.8) is 0 Å². The topological polar surface area (TPSA) is 304 Å². The van der Waals surface area contributed by atoms with E-state index in [1.807, 2.05) is 0 Å². The van der Waals surface area contributed by atoms with E-state index < -0.39 is 39.8 Å². The van der Waals surface area contributed by atoms with E-state index in [-0.39, 0.29) is 12.5 Å². The molecule has 0 fully saturated rings. The lowest BCUT2D eigenvalue weighted by Crippen LogP contribution is -2.14. The molecule has 0 aliphatic heterocycles. The standard InChI is InChI=1S/3C9H17Cl2NO2.C2H6ClO3P.CH4NO4P/c3*10-5-3-8(4-6-11)2-1-7-14-9(12)13;3-1-2-6-7(4)5;2-1(3)7(4,5)6/h3*8H,1-7H2,(H2,12,13);7H,1-2H2,(H,4,5);(H2,2,3)(H2,4,5,6). The van der Waals surface area contributed by atoms with Crippen molar-refractivity contribution in [3.8, 4) is 0 Å². The molecule has 0 bridgehead atoms. The van der Waals surface area contributed by atoms with Gasteiger partial charge in [-0.15, -0.1) is 81.2 Å². The Bertz CT molecular complexity index is 919. The number of carbonyl (C=O) groups excluding carboxylic acids is 4. The summed E-state index contributed by atoms with van der Waals surface area (Å²) in [7, 11) is -7.33. The van der Waals surface area contributed by atoms with Crippen LogP contribution in [0.1, 0.15) is 77.0 Å². The molecule has 4 amide bonds. The van der Waals surface area contributed by atoms with Crippen molar-refractivity contribution in [2.45, 2.75) is 77.0 Å². The van der Waals surface area contributed by atoms with Crippen molar-refractivity contribution >= 4 is 121 Å². The Hall–Kier alpha value is -0.390. The summed E-state index contributed by atoms with van der Waals surface area (Å²) in [5, 5.41) is 0. The molecule has 0 aliphatic rings. The number of hydrogen-bond donors (Lipinski definition) is 7. The van der Waals surface area contributed by atoms with E-state index in [1.165, 1.54) is 0 Å². The summed E-state index contributed by atoms with van der Waals surface area (Å²) in [6, 6.07) is 0. The smallest absolute Gasteiger partial charge is 0.412 e. The highest BCUT2D eigenvalue weighted by Crippen LogP contribution is 2.33. The number of hydrogen-bond acceptors (Lipinski definition) is 10. The lowest BCUT2D eigenvalue weighted by atomic mass is 9.98. The molecule has 0 saturated carbocycles. The summed E-state index contributed by atoms with van der Waals surface area (Å²) >= 11 is 39.0. The van der Waals surface area contributed by atoms with Gasteiger partial charge < -0.3 is 56.3 Å². The van der Waals surface area contributed by atoms with E-state index in [0.29, 0.717) is 72.9 Å². The summed E-state index contributed by atoms with van der Waals surface area (Å²) in [6.07, 6.45) is 9.04.